The molecule has 110 valence electrons. The SMILES string of the molecule is COc1cc(/C=C/C(=O)c2ccc(Br)s2)cc(OC)c1O. The van der Waals surface area contributed by atoms with E-state index in [1.165, 1.54) is 31.6 Å². The van der Waals surface area contributed by atoms with Gasteiger partial charge in [0.2, 0.25) is 5.75 Å². The fourth-order valence-corrected chi connectivity index (χ4v) is 3.02. The van der Waals surface area contributed by atoms with Gasteiger partial charge in [0.15, 0.2) is 17.3 Å². The number of ether oxygens (including phenoxy) is 2. The molecule has 0 saturated carbocycles. The van der Waals surface area contributed by atoms with E-state index in [9.17, 15) is 9.90 Å². The smallest absolute Gasteiger partial charge is 0.200 e. The lowest BCUT2D eigenvalue weighted by Gasteiger charge is -2.09. The van der Waals surface area contributed by atoms with Gasteiger partial charge in [0.05, 0.1) is 22.9 Å². The number of halogens is 1. The van der Waals surface area contributed by atoms with E-state index in [-0.39, 0.29) is 11.5 Å². The second-order valence-electron chi connectivity index (χ2n) is 4.08. The first kappa shape index (κ1) is 15.6. The largest absolute Gasteiger partial charge is 0.502 e. The number of hydrogen-bond acceptors (Lipinski definition) is 5. The average Bonchev–Trinajstić information content (AvgIpc) is 2.92. The van der Waals surface area contributed by atoms with Gasteiger partial charge in [0.1, 0.15) is 0 Å². The fourth-order valence-electron chi connectivity index (χ4n) is 1.71. The van der Waals surface area contributed by atoms with Crippen LogP contribution in [0.3, 0.4) is 0 Å². The summed E-state index contributed by atoms with van der Waals surface area (Å²) in [5.74, 6) is 0.433. The number of rotatable bonds is 5. The molecule has 1 aromatic heterocycles. The highest BCUT2D eigenvalue weighted by molar-refractivity contribution is 9.11. The van der Waals surface area contributed by atoms with E-state index < -0.39 is 0 Å². The van der Waals surface area contributed by atoms with Gasteiger partial charge in [-0.15, -0.1) is 11.3 Å². The Labute approximate surface area is 134 Å². The van der Waals surface area contributed by atoms with E-state index in [1.807, 2.05) is 6.07 Å². The van der Waals surface area contributed by atoms with Gasteiger partial charge < -0.3 is 14.6 Å². The molecule has 1 heterocycles. The van der Waals surface area contributed by atoms with Crippen molar-refractivity contribution in [2.75, 3.05) is 14.2 Å². The van der Waals surface area contributed by atoms with Crippen LogP contribution < -0.4 is 9.47 Å². The maximum absolute atomic E-state index is 12.0. The van der Waals surface area contributed by atoms with E-state index in [0.29, 0.717) is 21.9 Å². The first-order valence-electron chi connectivity index (χ1n) is 5.98. The molecule has 0 atom stereocenters. The van der Waals surface area contributed by atoms with Crippen LogP contribution >= 0.6 is 27.3 Å². The number of benzene rings is 1. The molecule has 1 aromatic carbocycles. The lowest BCUT2D eigenvalue weighted by atomic mass is 10.1. The molecule has 0 aliphatic carbocycles. The summed E-state index contributed by atoms with van der Waals surface area (Å²) in [7, 11) is 2.91. The molecule has 0 radical (unpaired) electrons. The molecule has 4 nitrogen and oxygen atoms in total. The van der Waals surface area contributed by atoms with Gasteiger partial charge in [-0.05, 0) is 51.8 Å². The minimum Gasteiger partial charge on any atom is -0.502 e. The minimum absolute atomic E-state index is 0.0642. The van der Waals surface area contributed by atoms with E-state index >= 15 is 0 Å². The highest BCUT2D eigenvalue weighted by Crippen LogP contribution is 2.37. The number of aromatic hydroxyl groups is 1. The topological polar surface area (TPSA) is 55.8 Å². The van der Waals surface area contributed by atoms with Crippen molar-refractivity contribution in [1.29, 1.82) is 0 Å². The van der Waals surface area contributed by atoms with E-state index in [2.05, 4.69) is 15.9 Å². The van der Waals surface area contributed by atoms with E-state index in [1.54, 1.807) is 24.3 Å². The second-order valence-corrected chi connectivity index (χ2v) is 6.54. The van der Waals surface area contributed by atoms with Gasteiger partial charge in [-0.2, -0.15) is 0 Å². The molecule has 0 amide bonds. The molecule has 0 unspecified atom stereocenters. The third kappa shape index (κ3) is 3.65. The maximum atomic E-state index is 12.0. The number of methoxy groups -OCH3 is 2. The summed E-state index contributed by atoms with van der Waals surface area (Å²) in [5, 5.41) is 9.83. The van der Waals surface area contributed by atoms with Crippen molar-refractivity contribution < 1.29 is 19.4 Å². The van der Waals surface area contributed by atoms with Gasteiger partial charge >= 0.3 is 0 Å². The molecule has 0 saturated heterocycles. The molecule has 2 rings (SSSR count). The predicted molar refractivity (Wildman–Crippen MR) is 86.6 cm³/mol. The molecule has 0 bridgehead atoms. The maximum Gasteiger partial charge on any atom is 0.200 e. The Morgan fingerprint density at radius 3 is 2.33 bits per heavy atom. The van der Waals surface area contributed by atoms with Crippen LogP contribution in [0.5, 0.6) is 17.2 Å². The van der Waals surface area contributed by atoms with Crippen molar-refractivity contribution in [2.24, 2.45) is 0 Å². The number of allylic oxidation sites excluding steroid dienone is 1. The Morgan fingerprint density at radius 2 is 1.86 bits per heavy atom. The van der Waals surface area contributed by atoms with Crippen LogP contribution in [-0.2, 0) is 0 Å². The molecule has 0 aliphatic heterocycles. The van der Waals surface area contributed by atoms with Gasteiger partial charge in [-0.25, -0.2) is 0 Å². The number of carbonyl (C=O) groups is 1. The molecule has 0 fully saturated rings. The summed E-state index contributed by atoms with van der Waals surface area (Å²) in [6.45, 7) is 0. The van der Waals surface area contributed by atoms with Crippen LogP contribution in [0.4, 0.5) is 0 Å². The molecular formula is C15H13BrO4S. The third-order valence-corrected chi connectivity index (χ3v) is 4.38. The summed E-state index contributed by atoms with van der Waals surface area (Å²) in [6.07, 6.45) is 3.13. The highest BCUT2D eigenvalue weighted by Gasteiger charge is 2.10. The number of hydrogen-bond donors (Lipinski definition) is 1. The van der Waals surface area contributed by atoms with Gasteiger partial charge in [0, 0.05) is 0 Å². The van der Waals surface area contributed by atoms with Crippen LogP contribution in [0.15, 0.2) is 34.1 Å². The van der Waals surface area contributed by atoms with Gasteiger partial charge in [0.25, 0.3) is 0 Å². The summed E-state index contributed by atoms with van der Waals surface area (Å²) in [5.41, 5.74) is 0.700. The van der Waals surface area contributed by atoms with Gasteiger partial charge in [-0.1, -0.05) is 6.08 Å². The van der Waals surface area contributed by atoms with E-state index in [4.69, 9.17) is 9.47 Å². The van der Waals surface area contributed by atoms with Crippen molar-refractivity contribution in [3.05, 3.63) is 44.6 Å². The molecule has 0 aliphatic rings. The first-order valence-corrected chi connectivity index (χ1v) is 7.59. The second kappa shape index (κ2) is 6.78. The lowest BCUT2D eigenvalue weighted by Crippen LogP contribution is -1.91. The average molecular weight is 369 g/mol. The van der Waals surface area contributed by atoms with Crippen molar-refractivity contribution in [3.8, 4) is 17.2 Å². The van der Waals surface area contributed by atoms with Crippen molar-refractivity contribution in [1.82, 2.24) is 0 Å². The Balaban J connectivity index is 2.26. The quantitative estimate of drug-likeness (QED) is 0.636. The first-order chi connectivity index (χ1) is 10.0. The fraction of sp³-hybridized carbons (Fsp3) is 0.133. The van der Waals surface area contributed by atoms with Crippen LogP contribution in [0, 0.1) is 0 Å². The highest BCUT2D eigenvalue weighted by atomic mass is 79.9. The molecular weight excluding hydrogens is 356 g/mol. The number of ketones is 1. The monoisotopic (exact) mass is 368 g/mol. The predicted octanol–water partition coefficient (Wildman–Crippen LogP) is 4.13. The summed E-state index contributed by atoms with van der Waals surface area (Å²) in [4.78, 5) is 12.6. The summed E-state index contributed by atoms with van der Waals surface area (Å²) < 4.78 is 11.0. The van der Waals surface area contributed by atoms with Crippen LogP contribution in [-0.4, -0.2) is 25.1 Å². The molecule has 6 heteroatoms. The Hall–Kier alpha value is -1.79. The Bertz CT molecular complexity index is 666. The number of thiophene rings is 1. The number of phenolic OH excluding ortho intramolecular Hbond substituents is 1. The zero-order valence-electron chi connectivity index (χ0n) is 11.4. The van der Waals surface area contributed by atoms with Gasteiger partial charge in [-0.3, -0.25) is 4.79 Å². The molecule has 2 aromatic rings. The Kier molecular flexibility index (Phi) is 5.03. The zero-order valence-corrected chi connectivity index (χ0v) is 13.8. The third-order valence-electron chi connectivity index (χ3n) is 2.75. The minimum atomic E-state index is -0.0864. The number of phenols is 1. The van der Waals surface area contributed by atoms with Crippen LogP contribution in [0.2, 0.25) is 0 Å². The lowest BCUT2D eigenvalue weighted by molar-refractivity contribution is 0.105. The van der Waals surface area contributed by atoms with Crippen LogP contribution in [0.1, 0.15) is 15.2 Å². The Morgan fingerprint density at radius 1 is 1.24 bits per heavy atom. The van der Waals surface area contributed by atoms with Crippen molar-refractivity contribution in [3.63, 3.8) is 0 Å². The zero-order chi connectivity index (χ0) is 15.4. The molecule has 0 spiro atoms. The standard InChI is InChI=1S/C15H13BrO4S/c1-19-11-7-9(8-12(20-2)15(11)18)3-4-10(17)13-5-6-14(16)21-13/h3-8,18H,1-2H3/b4-3+. The van der Waals surface area contributed by atoms with Crippen LogP contribution in [0.25, 0.3) is 6.08 Å². The van der Waals surface area contributed by atoms with E-state index in [0.717, 1.165) is 3.79 Å². The summed E-state index contributed by atoms with van der Waals surface area (Å²) in [6, 6.07) is 6.86. The van der Waals surface area contributed by atoms with Crippen molar-refractivity contribution >= 4 is 39.1 Å². The molecule has 1 N–H and O–H groups in total. The summed E-state index contributed by atoms with van der Waals surface area (Å²) >= 11 is 4.70. The van der Waals surface area contributed by atoms with Crippen molar-refractivity contribution in [2.45, 2.75) is 0 Å². The normalized spacial score (nSPS) is 10.8. The number of carbonyl (C=O) groups excluding carboxylic acids is 1. The molecule has 21 heavy (non-hydrogen) atoms.